The number of halogens is 1. The van der Waals surface area contributed by atoms with Gasteiger partial charge in [-0.3, -0.25) is 4.98 Å². The second kappa shape index (κ2) is 8.50. The lowest BCUT2D eigenvalue weighted by molar-refractivity contribution is 0.142. The van der Waals surface area contributed by atoms with Gasteiger partial charge < -0.3 is 10.0 Å². The second-order valence-electron chi connectivity index (χ2n) is 9.95. The number of β-amino-alcohol motifs (C(OH)–C–C–N with tert-alkyl or cyclic N) is 1. The van der Waals surface area contributed by atoms with Gasteiger partial charge in [-0.2, -0.15) is 9.40 Å². The summed E-state index contributed by atoms with van der Waals surface area (Å²) in [5.41, 5.74) is 4.46. The van der Waals surface area contributed by atoms with Crippen molar-refractivity contribution in [3.63, 3.8) is 0 Å². The van der Waals surface area contributed by atoms with Crippen molar-refractivity contribution in [2.24, 2.45) is 5.41 Å². The van der Waals surface area contributed by atoms with Crippen molar-refractivity contribution in [2.75, 3.05) is 31.1 Å². The summed E-state index contributed by atoms with van der Waals surface area (Å²) in [6, 6.07) is 7.92. The maximum atomic E-state index is 13.7. The minimum atomic E-state index is -3.74. The number of aromatic nitrogens is 3. The van der Waals surface area contributed by atoms with E-state index < -0.39 is 10.0 Å². The SMILES string of the molecule is CC[C@]12Cc3cnn(-c4ccc(F)cc4)c3C=C1CCN(S(=O)(=O)c1cncc(N3CC(O)C3)c1)C2. The highest BCUT2D eigenvalue weighted by Crippen LogP contribution is 2.47. The number of piperidine rings is 1. The van der Waals surface area contributed by atoms with E-state index in [0.29, 0.717) is 44.7 Å². The Hall–Kier alpha value is -3.08. The zero-order chi connectivity index (χ0) is 25.1. The quantitative estimate of drug-likeness (QED) is 0.569. The molecule has 0 saturated carbocycles. The molecule has 4 heterocycles. The van der Waals surface area contributed by atoms with Gasteiger partial charge in [-0.15, -0.1) is 0 Å². The molecule has 0 radical (unpaired) electrons. The van der Waals surface area contributed by atoms with Crippen LogP contribution in [0.2, 0.25) is 0 Å². The molecule has 1 N–H and O–H groups in total. The molecule has 1 atom stereocenters. The van der Waals surface area contributed by atoms with Gasteiger partial charge in [0.2, 0.25) is 10.0 Å². The molecule has 2 aliphatic heterocycles. The van der Waals surface area contributed by atoms with Crippen LogP contribution in [0, 0.1) is 11.2 Å². The van der Waals surface area contributed by atoms with Gasteiger partial charge >= 0.3 is 0 Å². The Bertz CT molecular complexity index is 1450. The number of rotatable bonds is 5. The van der Waals surface area contributed by atoms with Crippen LogP contribution in [0.15, 0.2) is 59.4 Å². The molecule has 188 valence electrons. The molecule has 0 amide bonds. The van der Waals surface area contributed by atoms with Crippen LogP contribution in [0.25, 0.3) is 11.8 Å². The number of anilines is 1. The van der Waals surface area contributed by atoms with Crippen LogP contribution in [0.5, 0.6) is 0 Å². The Labute approximate surface area is 209 Å². The maximum absolute atomic E-state index is 13.7. The second-order valence-corrected chi connectivity index (χ2v) is 11.9. The summed E-state index contributed by atoms with van der Waals surface area (Å²) in [5, 5.41) is 14.2. The van der Waals surface area contributed by atoms with Crippen molar-refractivity contribution in [2.45, 2.75) is 37.2 Å². The smallest absolute Gasteiger partial charge is 0.244 e. The molecule has 10 heteroatoms. The summed E-state index contributed by atoms with van der Waals surface area (Å²) in [6.45, 7) is 3.86. The predicted molar refractivity (Wildman–Crippen MR) is 134 cm³/mol. The van der Waals surface area contributed by atoms with Crippen molar-refractivity contribution < 1.29 is 17.9 Å². The van der Waals surface area contributed by atoms with Crippen LogP contribution in [0.3, 0.4) is 0 Å². The van der Waals surface area contributed by atoms with E-state index in [1.165, 1.54) is 23.9 Å². The molecule has 1 aliphatic carbocycles. The van der Waals surface area contributed by atoms with Crippen LogP contribution >= 0.6 is 0 Å². The Balaban J connectivity index is 1.29. The number of benzene rings is 1. The highest BCUT2D eigenvalue weighted by molar-refractivity contribution is 7.89. The number of aliphatic hydroxyl groups excluding tert-OH is 1. The summed E-state index contributed by atoms with van der Waals surface area (Å²) in [5.74, 6) is -0.292. The van der Waals surface area contributed by atoms with Crippen molar-refractivity contribution in [1.29, 1.82) is 0 Å². The number of nitrogens with zero attached hydrogens (tertiary/aromatic N) is 5. The summed E-state index contributed by atoms with van der Waals surface area (Å²) >= 11 is 0. The van der Waals surface area contributed by atoms with E-state index in [-0.39, 0.29) is 22.2 Å². The number of aliphatic hydroxyl groups is 1. The number of pyridine rings is 1. The van der Waals surface area contributed by atoms with E-state index in [0.717, 1.165) is 23.4 Å². The average molecular weight is 510 g/mol. The molecule has 36 heavy (non-hydrogen) atoms. The average Bonchev–Trinajstić information content (AvgIpc) is 3.27. The highest BCUT2D eigenvalue weighted by atomic mass is 32.2. The summed E-state index contributed by atoms with van der Waals surface area (Å²) < 4.78 is 44.2. The third kappa shape index (κ3) is 3.75. The Morgan fingerprint density at radius 3 is 2.64 bits per heavy atom. The van der Waals surface area contributed by atoms with Gasteiger partial charge in [0.15, 0.2) is 0 Å². The van der Waals surface area contributed by atoms with Crippen molar-refractivity contribution in [1.82, 2.24) is 19.1 Å². The first-order valence-electron chi connectivity index (χ1n) is 12.2. The molecule has 6 rings (SSSR count). The first kappa shape index (κ1) is 23.3. The van der Waals surface area contributed by atoms with Crippen LogP contribution in [-0.4, -0.2) is 64.9 Å². The molecule has 2 aromatic heterocycles. The van der Waals surface area contributed by atoms with Crippen LogP contribution in [0.4, 0.5) is 10.1 Å². The van der Waals surface area contributed by atoms with E-state index in [9.17, 15) is 17.9 Å². The number of fused-ring (bicyclic) bond motifs is 2. The van der Waals surface area contributed by atoms with Crippen molar-refractivity contribution in [3.8, 4) is 5.69 Å². The van der Waals surface area contributed by atoms with Gasteiger partial charge in [-0.25, -0.2) is 17.5 Å². The van der Waals surface area contributed by atoms with E-state index in [2.05, 4.69) is 23.1 Å². The Morgan fingerprint density at radius 2 is 1.92 bits per heavy atom. The van der Waals surface area contributed by atoms with Gasteiger partial charge in [-0.1, -0.05) is 12.5 Å². The molecular formula is C26H28FN5O3S. The molecule has 8 nitrogen and oxygen atoms in total. The molecule has 0 spiro atoms. The first-order valence-corrected chi connectivity index (χ1v) is 13.7. The zero-order valence-corrected chi connectivity index (χ0v) is 20.8. The van der Waals surface area contributed by atoms with E-state index >= 15 is 0 Å². The molecule has 3 aromatic rings. The van der Waals surface area contributed by atoms with Gasteiger partial charge in [0.25, 0.3) is 0 Å². The molecular weight excluding hydrogens is 481 g/mol. The maximum Gasteiger partial charge on any atom is 0.244 e. The molecule has 0 unspecified atom stereocenters. The minimum Gasteiger partial charge on any atom is -0.389 e. The summed E-state index contributed by atoms with van der Waals surface area (Å²) in [7, 11) is -3.74. The van der Waals surface area contributed by atoms with Crippen LogP contribution in [-0.2, 0) is 16.4 Å². The van der Waals surface area contributed by atoms with E-state index in [4.69, 9.17) is 0 Å². The van der Waals surface area contributed by atoms with Crippen LogP contribution in [0.1, 0.15) is 31.0 Å². The third-order valence-corrected chi connectivity index (χ3v) is 9.64. The normalized spacial score (nSPS) is 22.5. The Kier molecular flexibility index (Phi) is 5.51. The van der Waals surface area contributed by atoms with Gasteiger partial charge in [0.05, 0.1) is 35.6 Å². The highest BCUT2D eigenvalue weighted by Gasteiger charge is 2.45. The van der Waals surface area contributed by atoms with E-state index in [1.54, 1.807) is 28.7 Å². The first-order chi connectivity index (χ1) is 17.3. The number of sulfonamides is 1. The van der Waals surface area contributed by atoms with E-state index in [1.807, 2.05) is 15.8 Å². The van der Waals surface area contributed by atoms with Gasteiger partial charge in [0.1, 0.15) is 10.7 Å². The lowest BCUT2D eigenvalue weighted by Gasteiger charge is -2.45. The molecule has 0 bridgehead atoms. The lowest BCUT2D eigenvalue weighted by atomic mass is 9.67. The summed E-state index contributed by atoms with van der Waals surface area (Å²) in [6.07, 6.45) is 8.78. The standard InChI is InChI=1S/C26H28FN5O3S/c1-2-26-11-18-12-29-32(21-5-3-20(27)4-6-21)25(18)9-19(26)7-8-31(17-26)36(34,35)24-10-22(13-28-14-24)30-15-23(33)16-30/h3-6,9-10,12-14,23,33H,2,7-8,11,15-17H2,1H3/t26-/m1/s1. The minimum absolute atomic E-state index is 0.181. The van der Waals surface area contributed by atoms with Crippen molar-refractivity contribution >= 4 is 21.8 Å². The monoisotopic (exact) mass is 509 g/mol. The fourth-order valence-corrected chi connectivity index (χ4v) is 7.14. The fraction of sp³-hybridized carbons (Fsp3) is 0.385. The van der Waals surface area contributed by atoms with Crippen molar-refractivity contribution in [3.05, 3.63) is 71.6 Å². The largest absolute Gasteiger partial charge is 0.389 e. The number of hydrogen-bond donors (Lipinski definition) is 1. The fourth-order valence-electron chi connectivity index (χ4n) is 5.63. The zero-order valence-electron chi connectivity index (χ0n) is 20.0. The molecule has 2 saturated heterocycles. The number of hydrogen-bond acceptors (Lipinski definition) is 6. The predicted octanol–water partition coefficient (Wildman–Crippen LogP) is 3.02. The van der Waals surface area contributed by atoms with Crippen LogP contribution < -0.4 is 4.90 Å². The Morgan fingerprint density at radius 1 is 1.14 bits per heavy atom. The van der Waals surface area contributed by atoms with Gasteiger partial charge in [-0.05, 0) is 61.2 Å². The molecule has 2 fully saturated rings. The molecule has 3 aliphatic rings. The third-order valence-electron chi connectivity index (χ3n) is 7.83. The topological polar surface area (TPSA) is 91.6 Å². The lowest BCUT2D eigenvalue weighted by Crippen LogP contribution is -2.51. The van der Waals surface area contributed by atoms with Gasteiger partial charge in [0, 0.05) is 37.8 Å². The summed E-state index contributed by atoms with van der Waals surface area (Å²) in [4.78, 5) is 6.28. The molecule has 1 aromatic carbocycles.